The fraction of sp³-hybridized carbons (Fsp3) is 0.762. The third-order valence-corrected chi connectivity index (χ3v) is 6.61. The first-order valence-corrected chi connectivity index (χ1v) is 10.8. The van der Waals surface area contributed by atoms with Crippen LogP contribution in [0.15, 0.2) is 6.07 Å². The van der Waals surface area contributed by atoms with Crippen molar-refractivity contribution in [3.05, 3.63) is 11.9 Å². The average molecular weight is 423 g/mol. The first kappa shape index (κ1) is 21.2. The van der Waals surface area contributed by atoms with Crippen molar-refractivity contribution in [3.63, 3.8) is 0 Å². The van der Waals surface area contributed by atoms with Gasteiger partial charge in [-0.3, -0.25) is 4.90 Å². The number of likely N-dealkylation sites (tertiary alicyclic amines) is 1. The zero-order valence-electron chi connectivity index (χ0n) is 17.2. The molecule has 4 rings (SSSR count). The van der Waals surface area contributed by atoms with Crippen molar-refractivity contribution in [2.75, 3.05) is 18.4 Å². The fourth-order valence-electron chi connectivity index (χ4n) is 4.52. The van der Waals surface area contributed by atoms with Crippen molar-refractivity contribution >= 4 is 5.82 Å². The Morgan fingerprint density at radius 3 is 2.47 bits per heavy atom. The third kappa shape index (κ3) is 4.80. The van der Waals surface area contributed by atoms with E-state index in [1.165, 1.54) is 6.07 Å². The molecule has 9 heteroatoms. The third-order valence-electron chi connectivity index (χ3n) is 6.61. The lowest BCUT2D eigenvalue weighted by molar-refractivity contribution is -0.145. The molecule has 3 aliphatic rings. The van der Waals surface area contributed by atoms with Crippen LogP contribution in [-0.2, 0) is 6.18 Å². The second-order valence-electron chi connectivity index (χ2n) is 8.97. The van der Waals surface area contributed by atoms with E-state index in [1.807, 2.05) is 0 Å². The summed E-state index contributed by atoms with van der Waals surface area (Å²) in [5.74, 6) is -0.991. The summed E-state index contributed by atoms with van der Waals surface area (Å²) in [5, 5.41) is 12.0. The van der Waals surface area contributed by atoms with Crippen LogP contribution in [0.2, 0.25) is 0 Å². The Hall–Kier alpha value is -2.08. The SMILES string of the molecule is CCC1(CC#N)CN(C2CCC(Oc3cc(NC4CC4)nc(C(F)(F)F)n3)CC2)C1. The van der Waals surface area contributed by atoms with Crippen molar-refractivity contribution in [2.24, 2.45) is 5.41 Å². The number of nitriles is 1. The van der Waals surface area contributed by atoms with Crippen LogP contribution < -0.4 is 10.1 Å². The molecule has 0 bridgehead atoms. The smallest absolute Gasteiger partial charge is 0.451 e. The maximum Gasteiger partial charge on any atom is 0.451 e. The number of rotatable bonds is 7. The molecule has 0 atom stereocenters. The number of alkyl halides is 3. The van der Waals surface area contributed by atoms with Gasteiger partial charge in [0.1, 0.15) is 11.9 Å². The molecule has 0 radical (unpaired) electrons. The van der Waals surface area contributed by atoms with Crippen molar-refractivity contribution in [1.82, 2.24) is 14.9 Å². The fourth-order valence-corrected chi connectivity index (χ4v) is 4.52. The van der Waals surface area contributed by atoms with Gasteiger partial charge in [0, 0.05) is 43.1 Å². The molecule has 0 unspecified atom stereocenters. The number of nitrogens with one attached hydrogen (secondary N) is 1. The van der Waals surface area contributed by atoms with Crippen LogP contribution in [0.4, 0.5) is 19.0 Å². The van der Waals surface area contributed by atoms with E-state index in [2.05, 4.69) is 33.2 Å². The van der Waals surface area contributed by atoms with Crippen LogP contribution in [0.25, 0.3) is 0 Å². The van der Waals surface area contributed by atoms with E-state index in [0.717, 1.165) is 58.0 Å². The van der Waals surface area contributed by atoms with E-state index < -0.39 is 12.0 Å². The standard InChI is InChI=1S/C21H28F3N5O/c1-2-20(9-10-25)12-29(13-20)15-5-7-16(8-6-15)30-18-11-17(26-14-3-4-14)27-19(28-18)21(22,23)24/h11,14-16H,2-9,12-13H2,1H3,(H,26,27,28). The summed E-state index contributed by atoms with van der Waals surface area (Å²) in [6, 6.07) is 4.45. The molecular weight excluding hydrogens is 395 g/mol. The molecular formula is C21H28F3N5O. The van der Waals surface area contributed by atoms with E-state index in [0.29, 0.717) is 12.5 Å². The second-order valence-corrected chi connectivity index (χ2v) is 8.97. The average Bonchev–Trinajstić information content (AvgIpc) is 3.48. The summed E-state index contributed by atoms with van der Waals surface area (Å²) in [7, 11) is 0. The Morgan fingerprint density at radius 2 is 1.90 bits per heavy atom. The van der Waals surface area contributed by atoms with Crippen LogP contribution >= 0.6 is 0 Å². The minimum Gasteiger partial charge on any atom is -0.474 e. The molecule has 3 fully saturated rings. The van der Waals surface area contributed by atoms with Crippen molar-refractivity contribution in [2.45, 2.75) is 82.7 Å². The summed E-state index contributed by atoms with van der Waals surface area (Å²) >= 11 is 0. The van der Waals surface area contributed by atoms with E-state index in [1.54, 1.807) is 0 Å². The number of anilines is 1. The summed E-state index contributed by atoms with van der Waals surface area (Å²) in [5.41, 5.74) is 0.141. The lowest BCUT2D eigenvalue weighted by Crippen LogP contribution is -2.60. The summed E-state index contributed by atoms with van der Waals surface area (Å²) in [6.07, 6.45) is 2.22. The Morgan fingerprint density at radius 1 is 1.20 bits per heavy atom. The molecule has 30 heavy (non-hydrogen) atoms. The van der Waals surface area contributed by atoms with Gasteiger partial charge in [0.25, 0.3) is 0 Å². The van der Waals surface area contributed by atoms with Crippen LogP contribution in [0, 0.1) is 16.7 Å². The van der Waals surface area contributed by atoms with E-state index in [9.17, 15) is 13.2 Å². The predicted molar refractivity (Wildman–Crippen MR) is 105 cm³/mol. The minimum absolute atomic E-state index is 0.00750. The maximum absolute atomic E-state index is 13.2. The Kier molecular flexibility index (Phi) is 5.80. The van der Waals surface area contributed by atoms with Gasteiger partial charge in [0.2, 0.25) is 11.7 Å². The molecule has 0 amide bonds. The lowest BCUT2D eigenvalue weighted by Gasteiger charge is -2.53. The van der Waals surface area contributed by atoms with Gasteiger partial charge >= 0.3 is 6.18 Å². The van der Waals surface area contributed by atoms with Crippen molar-refractivity contribution in [3.8, 4) is 11.9 Å². The molecule has 1 N–H and O–H groups in total. The number of hydrogen-bond acceptors (Lipinski definition) is 6. The lowest BCUT2D eigenvalue weighted by atomic mass is 9.73. The Balaban J connectivity index is 1.33. The van der Waals surface area contributed by atoms with Crippen molar-refractivity contribution < 1.29 is 17.9 Å². The van der Waals surface area contributed by atoms with Gasteiger partial charge < -0.3 is 10.1 Å². The molecule has 1 aromatic heterocycles. The molecule has 2 saturated carbocycles. The molecule has 1 saturated heterocycles. The number of halogens is 3. The highest BCUT2D eigenvalue weighted by Gasteiger charge is 2.44. The van der Waals surface area contributed by atoms with E-state index in [-0.39, 0.29) is 29.3 Å². The summed E-state index contributed by atoms with van der Waals surface area (Å²) in [6.45, 7) is 4.07. The molecule has 6 nitrogen and oxygen atoms in total. The molecule has 0 spiro atoms. The second kappa shape index (κ2) is 8.22. The molecule has 0 aromatic carbocycles. The van der Waals surface area contributed by atoms with Gasteiger partial charge in [-0.1, -0.05) is 6.92 Å². The normalized spacial score (nSPS) is 26.5. The minimum atomic E-state index is -4.61. The molecule has 1 aromatic rings. The highest BCUT2D eigenvalue weighted by Crippen LogP contribution is 2.41. The largest absolute Gasteiger partial charge is 0.474 e. The van der Waals surface area contributed by atoms with Crippen molar-refractivity contribution in [1.29, 1.82) is 5.26 Å². The molecule has 164 valence electrons. The highest BCUT2D eigenvalue weighted by atomic mass is 19.4. The van der Waals surface area contributed by atoms with Crippen LogP contribution in [0.5, 0.6) is 5.88 Å². The Bertz CT molecular complexity index is 791. The summed E-state index contributed by atoms with van der Waals surface area (Å²) in [4.78, 5) is 9.68. The number of aromatic nitrogens is 2. The van der Waals surface area contributed by atoms with Gasteiger partial charge in [-0.2, -0.15) is 23.4 Å². The van der Waals surface area contributed by atoms with Gasteiger partial charge in [-0.25, -0.2) is 4.98 Å². The quantitative estimate of drug-likeness (QED) is 0.701. The number of nitrogens with zero attached hydrogens (tertiary/aromatic N) is 4. The predicted octanol–water partition coefficient (Wildman–Crippen LogP) is 4.39. The monoisotopic (exact) mass is 423 g/mol. The van der Waals surface area contributed by atoms with Gasteiger partial charge in [-0.15, -0.1) is 0 Å². The molecule has 2 aliphatic carbocycles. The van der Waals surface area contributed by atoms with E-state index >= 15 is 0 Å². The van der Waals surface area contributed by atoms with Crippen LogP contribution in [0.3, 0.4) is 0 Å². The molecule has 1 aliphatic heterocycles. The van der Waals surface area contributed by atoms with Gasteiger partial charge in [0.15, 0.2) is 0 Å². The topological polar surface area (TPSA) is 74.1 Å². The van der Waals surface area contributed by atoms with E-state index in [4.69, 9.17) is 10.00 Å². The number of ether oxygens (including phenoxy) is 1. The first-order chi connectivity index (χ1) is 14.3. The summed E-state index contributed by atoms with van der Waals surface area (Å²) < 4.78 is 45.4. The van der Waals surface area contributed by atoms with Gasteiger partial charge in [-0.05, 0) is 44.9 Å². The van der Waals surface area contributed by atoms with Crippen LogP contribution in [-0.4, -0.2) is 46.1 Å². The zero-order chi connectivity index (χ0) is 21.4. The maximum atomic E-state index is 13.2. The zero-order valence-corrected chi connectivity index (χ0v) is 17.2. The Labute approximate surface area is 174 Å². The highest BCUT2D eigenvalue weighted by molar-refractivity contribution is 5.41. The first-order valence-electron chi connectivity index (χ1n) is 10.8. The van der Waals surface area contributed by atoms with Gasteiger partial charge in [0.05, 0.1) is 6.07 Å². The number of hydrogen-bond donors (Lipinski definition) is 1. The van der Waals surface area contributed by atoms with Crippen LogP contribution in [0.1, 0.15) is 64.1 Å². The molecule has 2 heterocycles.